The van der Waals surface area contributed by atoms with Crippen LogP contribution >= 0.6 is 11.6 Å². The highest BCUT2D eigenvalue weighted by Crippen LogP contribution is 2.29. The summed E-state index contributed by atoms with van der Waals surface area (Å²) < 4.78 is 5.00. The molecule has 1 aliphatic rings. The maximum atomic E-state index is 12.8. The lowest BCUT2D eigenvalue weighted by Crippen LogP contribution is -2.36. The molecule has 0 saturated carbocycles. The van der Waals surface area contributed by atoms with Gasteiger partial charge in [0.15, 0.2) is 0 Å². The third-order valence-electron chi connectivity index (χ3n) is 5.31. The molecule has 0 aromatic heterocycles. The summed E-state index contributed by atoms with van der Waals surface area (Å²) >= 11 is 6.15. The van der Waals surface area contributed by atoms with Crippen LogP contribution in [-0.4, -0.2) is 66.4 Å². The van der Waals surface area contributed by atoms with E-state index in [0.29, 0.717) is 42.5 Å². The molecule has 170 valence electrons. The summed E-state index contributed by atoms with van der Waals surface area (Å²) in [7, 11) is 1.42. The maximum absolute atomic E-state index is 12.8. The molecule has 2 aromatic carbocycles. The number of nitrogens with zero attached hydrogens (tertiary/aromatic N) is 3. The molecule has 32 heavy (non-hydrogen) atoms. The molecule has 0 spiro atoms. The lowest BCUT2D eigenvalue weighted by Gasteiger charge is -2.22. The Balaban J connectivity index is 1.52. The third-order valence-corrected chi connectivity index (χ3v) is 5.64. The summed E-state index contributed by atoms with van der Waals surface area (Å²) in [5.74, 6) is -0.0660. The quantitative estimate of drug-likeness (QED) is 0.501. The number of nitro groups is 1. The zero-order chi connectivity index (χ0) is 23.1. The average molecular weight is 461 g/mol. The summed E-state index contributed by atoms with van der Waals surface area (Å²) in [6, 6.07) is 11.3. The Kier molecular flexibility index (Phi) is 8.02. The Hall–Kier alpha value is -3.17. The van der Waals surface area contributed by atoms with Gasteiger partial charge in [0, 0.05) is 32.6 Å². The Morgan fingerprint density at radius 3 is 2.66 bits per heavy atom. The van der Waals surface area contributed by atoms with Crippen LogP contribution in [0.2, 0.25) is 5.02 Å². The number of rotatable bonds is 7. The normalized spacial score (nSPS) is 14.5. The molecule has 1 fully saturated rings. The molecule has 1 N–H and O–H groups in total. The third kappa shape index (κ3) is 5.95. The van der Waals surface area contributed by atoms with E-state index in [0.717, 1.165) is 13.0 Å². The van der Waals surface area contributed by atoms with Crippen molar-refractivity contribution in [2.45, 2.75) is 12.8 Å². The second-order valence-electron chi connectivity index (χ2n) is 7.41. The van der Waals surface area contributed by atoms with Crippen molar-refractivity contribution in [1.82, 2.24) is 9.80 Å². The zero-order valence-corrected chi connectivity index (χ0v) is 18.5. The van der Waals surface area contributed by atoms with Crippen LogP contribution in [0.4, 0.5) is 11.4 Å². The van der Waals surface area contributed by atoms with Crippen molar-refractivity contribution in [2.24, 2.45) is 0 Å². The van der Waals surface area contributed by atoms with Crippen LogP contribution in [0.3, 0.4) is 0 Å². The Bertz CT molecular complexity index is 1000. The number of anilines is 1. The number of amides is 2. The van der Waals surface area contributed by atoms with Gasteiger partial charge in [-0.1, -0.05) is 23.7 Å². The van der Waals surface area contributed by atoms with E-state index in [1.165, 1.54) is 19.2 Å². The number of hydrogen-bond donors (Lipinski definition) is 1. The van der Waals surface area contributed by atoms with Crippen molar-refractivity contribution in [3.8, 4) is 5.75 Å². The first kappa shape index (κ1) is 23.5. The molecular formula is C22H25ClN4O5. The van der Waals surface area contributed by atoms with E-state index < -0.39 is 4.92 Å². The number of nitrogens with one attached hydrogen (secondary N) is 1. The fourth-order valence-corrected chi connectivity index (χ4v) is 3.79. The summed E-state index contributed by atoms with van der Waals surface area (Å²) in [6.45, 7) is 3.03. The molecule has 0 bridgehead atoms. The van der Waals surface area contributed by atoms with E-state index in [2.05, 4.69) is 10.2 Å². The van der Waals surface area contributed by atoms with Gasteiger partial charge in [-0.15, -0.1) is 0 Å². The van der Waals surface area contributed by atoms with Crippen LogP contribution in [0, 0.1) is 10.1 Å². The van der Waals surface area contributed by atoms with E-state index in [1.54, 1.807) is 35.2 Å². The van der Waals surface area contributed by atoms with Gasteiger partial charge in [-0.2, -0.15) is 0 Å². The first-order chi connectivity index (χ1) is 15.4. The number of halogens is 1. The highest BCUT2D eigenvalue weighted by atomic mass is 35.5. The van der Waals surface area contributed by atoms with Crippen molar-refractivity contribution in [2.75, 3.05) is 45.2 Å². The lowest BCUT2D eigenvalue weighted by molar-refractivity contribution is -0.384. The summed E-state index contributed by atoms with van der Waals surface area (Å²) in [4.78, 5) is 39.8. The number of carbonyl (C=O) groups is 2. The highest BCUT2D eigenvalue weighted by molar-refractivity contribution is 6.33. The molecule has 2 aromatic rings. The first-order valence-electron chi connectivity index (χ1n) is 10.3. The van der Waals surface area contributed by atoms with Crippen molar-refractivity contribution in [3.63, 3.8) is 0 Å². The summed E-state index contributed by atoms with van der Waals surface area (Å²) in [6.07, 6.45) is 0.962. The molecule has 3 rings (SSSR count). The van der Waals surface area contributed by atoms with Gasteiger partial charge in [-0.3, -0.25) is 19.7 Å². The highest BCUT2D eigenvalue weighted by Gasteiger charge is 2.22. The Morgan fingerprint density at radius 2 is 1.94 bits per heavy atom. The van der Waals surface area contributed by atoms with Crippen molar-refractivity contribution in [1.29, 1.82) is 0 Å². The monoisotopic (exact) mass is 460 g/mol. The van der Waals surface area contributed by atoms with Crippen LogP contribution in [-0.2, 0) is 4.79 Å². The van der Waals surface area contributed by atoms with Crippen molar-refractivity contribution in [3.05, 3.63) is 63.2 Å². The number of ether oxygens (including phenoxy) is 1. The van der Waals surface area contributed by atoms with Gasteiger partial charge in [0.05, 0.1) is 28.7 Å². The van der Waals surface area contributed by atoms with E-state index in [4.69, 9.17) is 16.3 Å². The largest absolute Gasteiger partial charge is 0.496 e. The van der Waals surface area contributed by atoms with Crippen LogP contribution in [0.25, 0.3) is 0 Å². The van der Waals surface area contributed by atoms with Crippen LogP contribution in [0.1, 0.15) is 23.2 Å². The lowest BCUT2D eigenvalue weighted by atomic mass is 10.2. The predicted molar refractivity (Wildman–Crippen MR) is 121 cm³/mol. The molecule has 1 saturated heterocycles. The van der Waals surface area contributed by atoms with Gasteiger partial charge in [0.25, 0.3) is 11.6 Å². The van der Waals surface area contributed by atoms with Crippen LogP contribution in [0.15, 0.2) is 42.5 Å². The van der Waals surface area contributed by atoms with Gasteiger partial charge < -0.3 is 19.9 Å². The van der Waals surface area contributed by atoms with E-state index in [-0.39, 0.29) is 29.6 Å². The van der Waals surface area contributed by atoms with E-state index in [9.17, 15) is 19.7 Å². The number of nitro benzene ring substituents is 1. The van der Waals surface area contributed by atoms with Crippen molar-refractivity contribution < 1.29 is 19.2 Å². The summed E-state index contributed by atoms with van der Waals surface area (Å²) in [5, 5.41) is 14.3. The smallest absolute Gasteiger partial charge is 0.296 e. The minimum Gasteiger partial charge on any atom is -0.496 e. The number of benzene rings is 2. The maximum Gasteiger partial charge on any atom is 0.296 e. The molecule has 0 unspecified atom stereocenters. The first-order valence-corrected chi connectivity index (χ1v) is 10.7. The number of hydrogen-bond acceptors (Lipinski definition) is 6. The molecular weight excluding hydrogens is 436 g/mol. The topological polar surface area (TPSA) is 105 Å². The predicted octanol–water partition coefficient (Wildman–Crippen LogP) is 3.43. The molecule has 1 aliphatic heterocycles. The molecule has 9 nitrogen and oxygen atoms in total. The van der Waals surface area contributed by atoms with Gasteiger partial charge in [0.2, 0.25) is 5.91 Å². The van der Waals surface area contributed by atoms with Crippen LogP contribution in [0.5, 0.6) is 5.75 Å². The van der Waals surface area contributed by atoms with Gasteiger partial charge in [-0.25, -0.2) is 0 Å². The average Bonchev–Trinajstić information content (AvgIpc) is 3.03. The standard InChI is InChI=1S/C22H25ClN4O5/c1-32-16-7-8-19(20(15-16)27(30)31)24-21(28)9-12-25-10-4-11-26(14-13-25)22(29)17-5-2-3-6-18(17)23/h2-3,5-8,15H,4,9-14H2,1H3,(H,24,28). The minimum absolute atomic E-state index is 0.0954. The Labute approximate surface area is 191 Å². The van der Waals surface area contributed by atoms with Gasteiger partial charge >= 0.3 is 0 Å². The van der Waals surface area contributed by atoms with Gasteiger partial charge in [-0.05, 0) is 37.2 Å². The van der Waals surface area contributed by atoms with Crippen LogP contribution < -0.4 is 10.1 Å². The van der Waals surface area contributed by atoms with Crippen molar-refractivity contribution >= 4 is 34.8 Å². The number of carbonyl (C=O) groups excluding carboxylic acids is 2. The second-order valence-corrected chi connectivity index (χ2v) is 7.81. The Morgan fingerprint density at radius 1 is 1.16 bits per heavy atom. The fourth-order valence-electron chi connectivity index (χ4n) is 3.57. The second kappa shape index (κ2) is 10.9. The minimum atomic E-state index is -0.558. The molecule has 0 radical (unpaired) electrons. The SMILES string of the molecule is COc1ccc(NC(=O)CCN2CCCN(C(=O)c3ccccc3Cl)CC2)c([N+](=O)[O-])c1. The number of methoxy groups -OCH3 is 1. The summed E-state index contributed by atoms with van der Waals surface area (Å²) in [5.41, 5.74) is 0.400. The van der Waals surface area contributed by atoms with E-state index in [1.807, 2.05) is 0 Å². The fraction of sp³-hybridized carbons (Fsp3) is 0.364. The van der Waals surface area contributed by atoms with E-state index >= 15 is 0 Å². The zero-order valence-electron chi connectivity index (χ0n) is 17.8. The molecule has 1 heterocycles. The molecule has 0 atom stereocenters. The molecule has 2 amide bonds. The molecule has 10 heteroatoms. The molecule has 0 aliphatic carbocycles. The van der Waals surface area contributed by atoms with Gasteiger partial charge in [0.1, 0.15) is 11.4 Å².